The number of benzene rings is 2. The van der Waals surface area contributed by atoms with E-state index in [1.165, 1.54) is 0 Å². The SMILES string of the molecule is COc1cc(OC)c(C2C3=C(CC(C)(C)CC3=O)Nc3n[nH]c(-c4ccccc4)c32)cc1OC. The number of allylic oxidation sites excluding steroid dienone is 2. The standard InChI is InChI=1S/C27H29N3O4/c1-27(2)13-17-23(18(31)14-27)22(16-11-20(33-4)21(34-5)12-19(16)32-3)24-25(29-30-26(24)28-17)15-9-7-6-8-10-15/h6-12,22H,13-14H2,1-5H3,(H2,28,29,30). The second kappa shape index (κ2) is 8.24. The molecule has 3 aromatic rings. The van der Waals surface area contributed by atoms with Crippen LogP contribution in [0, 0.1) is 5.41 Å². The molecule has 0 spiro atoms. The number of carbonyl (C=O) groups excluding carboxylic acids is 1. The van der Waals surface area contributed by atoms with Gasteiger partial charge in [0.25, 0.3) is 0 Å². The summed E-state index contributed by atoms with van der Waals surface area (Å²) in [6.07, 6.45) is 1.24. The highest BCUT2D eigenvalue weighted by atomic mass is 16.5. The van der Waals surface area contributed by atoms with Crippen LogP contribution in [0.1, 0.15) is 43.7 Å². The molecule has 7 nitrogen and oxygen atoms in total. The second-order valence-corrected chi connectivity index (χ2v) is 9.57. The number of hydrogen-bond acceptors (Lipinski definition) is 6. The minimum Gasteiger partial charge on any atom is -0.496 e. The van der Waals surface area contributed by atoms with E-state index in [1.54, 1.807) is 21.3 Å². The van der Waals surface area contributed by atoms with E-state index in [4.69, 9.17) is 14.2 Å². The van der Waals surface area contributed by atoms with E-state index in [-0.39, 0.29) is 17.1 Å². The number of ketones is 1. The summed E-state index contributed by atoms with van der Waals surface area (Å²) in [5.41, 5.74) is 5.16. The van der Waals surface area contributed by atoms with Crippen molar-refractivity contribution in [3.05, 3.63) is 64.9 Å². The van der Waals surface area contributed by atoms with E-state index in [9.17, 15) is 4.79 Å². The van der Waals surface area contributed by atoms with Crippen molar-refractivity contribution in [1.29, 1.82) is 0 Å². The Bertz CT molecular complexity index is 1290. The summed E-state index contributed by atoms with van der Waals surface area (Å²) < 4.78 is 16.9. The minimum atomic E-state index is -0.376. The topological polar surface area (TPSA) is 85.5 Å². The minimum absolute atomic E-state index is 0.131. The molecule has 1 atom stereocenters. The van der Waals surface area contributed by atoms with Crippen LogP contribution >= 0.6 is 0 Å². The van der Waals surface area contributed by atoms with Crippen molar-refractivity contribution in [1.82, 2.24) is 10.2 Å². The van der Waals surface area contributed by atoms with E-state index in [2.05, 4.69) is 29.4 Å². The number of ether oxygens (including phenoxy) is 3. The normalized spacial score (nSPS) is 18.6. The Morgan fingerprint density at radius 3 is 2.29 bits per heavy atom. The maximum absolute atomic E-state index is 13.7. The Balaban J connectivity index is 1.80. The lowest BCUT2D eigenvalue weighted by Crippen LogP contribution is -2.33. The highest BCUT2D eigenvalue weighted by Gasteiger charge is 2.44. The van der Waals surface area contributed by atoms with Gasteiger partial charge in [0.15, 0.2) is 23.1 Å². The first-order chi connectivity index (χ1) is 16.4. The molecule has 5 rings (SSSR count). The molecule has 7 heteroatoms. The highest BCUT2D eigenvalue weighted by molar-refractivity contribution is 6.02. The van der Waals surface area contributed by atoms with E-state index in [0.717, 1.165) is 45.9 Å². The number of nitrogens with zero attached hydrogens (tertiary/aromatic N) is 1. The molecule has 1 aromatic heterocycles. The molecular formula is C27H29N3O4. The van der Waals surface area contributed by atoms with Crippen LogP contribution in [0.3, 0.4) is 0 Å². The van der Waals surface area contributed by atoms with Crippen molar-refractivity contribution < 1.29 is 19.0 Å². The number of carbonyl (C=O) groups is 1. The van der Waals surface area contributed by atoms with Gasteiger partial charge in [-0.2, -0.15) is 5.10 Å². The molecule has 0 saturated carbocycles. The van der Waals surface area contributed by atoms with E-state index in [0.29, 0.717) is 23.7 Å². The summed E-state index contributed by atoms with van der Waals surface area (Å²) in [4.78, 5) is 13.7. The summed E-state index contributed by atoms with van der Waals surface area (Å²) in [6.45, 7) is 4.25. The van der Waals surface area contributed by atoms with Gasteiger partial charge in [-0.1, -0.05) is 44.2 Å². The third-order valence-electron chi connectivity index (χ3n) is 6.68. The number of fused-ring (bicyclic) bond motifs is 1. The zero-order chi connectivity index (χ0) is 24.0. The molecule has 2 aromatic carbocycles. The van der Waals surface area contributed by atoms with E-state index < -0.39 is 0 Å². The van der Waals surface area contributed by atoms with Crippen molar-refractivity contribution in [2.45, 2.75) is 32.6 Å². The first kappa shape index (κ1) is 22.1. The molecule has 2 heterocycles. The molecule has 1 aliphatic heterocycles. The first-order valence-electron chi connectivity index (χ1n) is 11.3. The predicted octanol–water partition coefficient (Wildman–Crippen LogP) is 5.30. The molecule has 2 N–H and O–H groups in total. The number of hydrogen-bond donors (Lipinski definition) is 2. The van der Waals surface area contributed by atoms with Crippen LogP contribution in [0.2, 0.25) is 0 Å². The Kier molecular flexibility index (Phi) is 5.35. The summed E-state index contributed by atoms with van der Waals surface area (Å²) in [5.74, 6) is 2.25. The monoisotopic (exact) mass is 459 g/mol. The maximum Gasteiger partial charge on any atom is 0.164 e. The molecule has 34 heavy (non-hydrogen) atoms. The molecule has 0 saturated heterocycles. The number of H-pyrrole nitrogens is 1. The van der Waals surface area contributed by atoms with Gasteiger partial charge in [-0.15, -0.1) is 0 Å². The molecule has 0 radical (unpaired) electrons. The van der Waals surface area contributed by atoms with Crippen LogP contribution in [0.25, 0.3) is 11.3 Å². The molecule has 1 unspecified atom stereocenters. The van der Waals surface area contributed by atoms with Crippen LogP contribution < -0.4 is 19.5 Å². The number of anilines is 1. The van der Waals surface area contributed by atoms with Gasteiger partial charge in [-0.25, -0.2) is 0 Å². The lowest BCUT2D eigenvalue weighted by molar-refractivity contribution is -0.118. The molecule has 2 aliphatic rings. The molecule has 0 fully saturated rings. The average Bonchev–Trinajstić information content (AvgIpc) is 3.25. The van der Waals surface area contributed by atoms with Gasteiger partial charge in [0.2, 0.25) is 0 Å². The second-order valence-electron chi connectivity index (χ2n) is 9.57. The quantitative estimate of drug-likeness (QED) is 0.538. The molecular weight excluding hydrogens is 430 g/mol. The summed E-state index contributed by atoms with van der Waals surface area (Å²) in [7, 11) is 4.83. The van der Waals surface area contributed by atoms with Gasteiger partial charge in [0.05, 0.1) is 27.0 Å². The van der Waals surface area contributed by atoms with Crippen LogP contribution in [-0.2, 0) is 4.79 Å². The summed E-state index contributed by atoms with van der Waals surface area (Å²) in [6, 6.07) is 13.8. The zero-order valence-corrected chi connectivity index (χ0v) is 20.1. The Hall–Kier alpha value is -3.74. The summed E-state index contributed by atoms with van der Waals surface area (Å²) in [5, 5.41) is 11.3. The third-order valence-corrected chi connectivity index (χ3v) is 6.68. The van der Waals surface area contributed by atoms with Crippen molar-refractivity contribution >= 4 is 11.6 Å². The average molecular weight is 460 g/mol. The maximum atomic E-state index is 13.7. The number of aromatic amines is 1. The van der Waals surface area contributed by atoms with Gasteiger partial charge in [0.1, 0.15) is 5.75 Å². The predicted molar refractivity (Wildman–Crippen MR) is 131 cm³/mol. The Labute approximate surface area is 199 Å². The molecule has 176 valence electrons. The number of methoxy groups -OCH3 is 3. The van der Waals surface area contributed by atoms with Crippen molar-refractivity contribution in [2.75, 3.05) is 26.6 Å². The first-order valence-corrected chi connectivity index (χ1v) is 11.3. The van der Waals surface area contributed by atoms with Crippen LogP contribution in [0.5, 0.6) is 17.2 Å². The van der Waals surface area contributed by atoms with Crippen LogP contribution in [0.15, 0.2) is 53.7 Å². The van der Waals surface area contributed by atoms with E-state index in [1.807, 2.05) is 42.5 Å². The largest absolute Gasteiger partial charge is 0.496 e. The lowest BCUT2D eigenvalue weighted by Gasteiger charge is -2.38. The third kappa shape index (κ3) is 3.52. The fourth-order valence-corrected chi connectivity index (χ4v) is 5.21. The van der Waals surface area contributed by atoms with Gasteiger partial charge in [-0.3, -0.25) is 9.89 Å². The Morgan fingerprint density at radius 1 is 0.941 bits per heavy atom. The van der Waals surface area contributed by atoms with E-state index >= 15 is 0 Å². The lowest BCUT2D eigenvalue weighted by atomic mass is 9.68. The fourth-order valence-electron chi connectivity index (χ4n) is 5.21. The number of nitrogens with one attached hydrogen (secondary N) is 2. The Morgan fingerprint density at radius 2 is 1.62 bits per heavy atom. The number of Topliss-reactive ketones (excluding diaryl/α,β-unsaturated/α-hetero) is 1. The van der Waals surface area contributed by atoms with Gasteiger partial charge >= 0.3 is 0 Å². The van der Waals surface area contributed by atoms with Crippen molar-refractivity contribution in [3.63, 3.8) is 0 Å². The smallest absolute Gasteiger partial charge is 0.164 e. The summed E-state index contributed by atoms with van der Waals surface area (Å²) >= 11 is 0. The highest BCUT2D eigenvalue weighted by Crippen LogP contribution is 2.53. The van der Waals surface area contributed by atoms with Crippen molar-refractivity contribution in [2.24, 2.45) is 5.41 Å². The number of rotatable bonds is 5. The fraction of sp³-hybridized carbons (Fsp3) is 0.333. The zero-order valence-electron chi connectivity index (χ0n) is 20.1. The van der Waals surface area contributed by atoms with Crippen molar-refractivity contribution in [3.8, 4) is 28.5 Å². The van der Waals surface area contributed by atoms with Crippen LogP contribution in [0.4, 0.5) is 5.82 Å². The molecule has 1 aliphatic carbocycles. The van der Waals surface area contributed by atoms with Gasteiger partial charge in [-0.05, 0) is 23.5 Å². The number of aromatic nitrogens is 2. The van der Waals surface area contributed by atoms with Gasteiger partial charge < -0.3 is 19.5 Å². The van der Waals surface area contributed by atoms with Crippen LogP contribution in [-0.4, -0.2) is 37.3 Å². The molecule has 0 amide bonds. The molecule has 0 bridgehead atoms. The van der Waals surface area contributed by atoms with Gasteiger partial charge in [0, 0.05) is 40.8 Å².